The van der Waals surface area contributed by atoms with Crippen LogP contribution in [0.4, 0.5) is 0 Å². The summed E-state index contributed by atoms with van der Waals surface area (Å²) in [5.41, 5.74) is 4.42. The lowest BCUT2D eigenvalue weighted by molar-refractivity contribution is -0.117. The molecule has 1 aromatic rings. The predicted molar refractivity (Wildman–Crippen MR) is 127 cm³/mol. The highest BCUT2D eigenvalue weighted by atomic mass is 35.5. The number of nitrogens with zero attached hydrogens (tertiary/aromatic N) is 1. The molecule has 0 saturated heterocycles. The fourth-order valence-corrected chi connectivity index (χ4v) is 5.65. The summed E-state index contributed by atoms with van der Waals surface area (Å²) in [6.07, 6.45) is 5.15. The van der Waals surface area contributed by atoms with Gasteiger partial charge < -0.3 is 19.1 Å². The second-order valence-electron chi connectivity index (χ2n) is 8.67. The van der Waals surface area contributed by atoms with Crippen molar-refractivity contribution in [3.63, 3.8) is 0 Å². The first-order valence-corrected chi connectivity index (χ1v) is 12.2. The molecule has 0 unspecified atom stereocenters. The van der Waals surface area contributed by atoms with Gasteiger partial charge in [-0.05, 0) is 56.7 Å². The fourth-order valence-electron chi connectivity index (χ4n) is 5.38. The monoisotopic (exact) mass is 473 g/mol. The lowest BCUT2D eigenvalue weighted by Crippen LogP contribution is -2.39. The van der Waals surface area contributed by atoms with Gasteiger partial charge in [0.05, 0.1) is 18.7 Å². The second-order valence-corrected chi connectivity index (χ2v) is 9.08. The molecule has 0 aromatic heterocycles. The van der Waals surface area contributed by atoms with Crippen LogP contribution in [0.2, 0.25) is 5.02 Å². The molecule has 1 aliphatic heterocycles. The third-order valence-corrected chi connectivity index (χ3v) is 6.97. The number of hydrogen-bond donors (Lipinski definition) is 0. The minimum atomic E-state index is -0.420. The molecule has 1 heterocycles. The SMILES string of the molecule is CCOc1c(Cl)cc(C2C3=C(CCCC3=O)N(CCCOC)C3=C2C(=O)CCC3)cc1OC. The van der Waals surface area contributed by atoms with Crippen LogP contribution in [0, 0.1) is 0 Å². The highest BCUT2D eigenvalue weighted by Gasteiger charge is 2.43. The largest absolute Gasteiger partial charge is 0.493 e. The van der Waals surface area contributed by atoms with Crippen LogP contribution in [0.1, 0.15) is 63.4 Å². The first kappa shape index (κ1) is 23.8. The Labute approximate surface area is 200 Å². The van der Waals surface area contributed by atoms with Crippen LogP contribution in [0.3, 0.4) is 0 Å². The topological polar surface area (TPSA) is 65.1 Å². The van der Waals surface area contributed by atoms with Gasteiger partial charge in [0.25, 0.3) is 0 Å². The van der Waals surface area contributed by atoms with E-state index in [1.807, 2.05) is 19.1 Å². The Balaban J connectivity index is 1.90. The summed E-state index contributed by atoms with van der Waals surface area (Å²) >= 11 is 6.62. The molecule has 0 N–H and O–H groups in total. The Morgan fingerprint density at radius 2 is 1.64 bits per heavy atom. The Kier molecular flexibility index (Phi) is 7.45. The quantitative estimate of drug-likeness (QED) is 0.484. The normalized spacial score (nSPS) is 19.1. The zero-order chi connectivity index (χ0) is 23.5. The summed E-state index contributed by atoms with van der Waals surface area (Å²) in [7, 11) is 3.27. The van der Waals surface area contributed by atoms with Gasteiger partial charge in [0.1, 0.15) is 0 Å². The van der Waals surface area contributed by atoms with Gasteiger partial charge in [-0.2, -0.15) is 0 Å². The smallest absolute Gasteiger partial charge is 0.179 e. The highest BCUT2D eigenvalue weighted by Crippen LogP contribution is 2.51. The summed E-state index contributed by atoms with van der Waals surface area (Å²) in [5.74, 6) is 0.809. The van der Waals surface area contributed by atoms with Gasteiger partial charge in [0.15, 0.2) is 23.1 Å². The van der Waals surface area contributed by atoms with Crippen LogP contribution in [0.5, 0.6) is 11.5 Å². The van der Waals surface area contributed by atoms with Gasteiger partial charge >= 0.3 is 0 Å². The fraction of sp³-hybridized carbons (Fsp3) is 0.538. The van der Waals surface area contributed by atoms with Crippen LogP contribution >= 0.6 is 11.6 Å². The number of ether oxygens (including phenoxy) is 3. The molecule has 0 spiro atoms. The van der Waals surface area contributed by atoms with Crippen molar-refractivity contribution in [2.45, 2.75) is 57.8 Å². The molecular weight excluding hydrogens is 442 g/mol. The molecule has 7 heteroatoms. The molecule has 0 radical (unpaired) electrons. The maximum Gasteiger partial charge on any atom is 0.179 e. The standard InChI is InChI=1S/C26H32ClNO5/c1-4-33-26-17(27)14-16(15-22(26)32-3)23-24-18(8-5-10-20(24)29)28(12-7-13-31-2)19-9-6-11-21(30)25(19)23/h14-15,23H,4-13H2,1-3H3. The Bertz CT molecular complexity index is 968. The minimum Gasteiger partial charge on any atom is -0.493 e. The molecule has 0 fully saturated rings. The van der Waals surface area contributed by atoms with E-state index in [1.165, 1.54) is 0 Å². The number of carbonyl (C=O) groups is 2. The summed E-state index contributed by atoms with van der Waals surface area (Å²) < 4.78 is 16.6. The summed E-state index contributed by atoms with van der Waals surface area (Å²) in [6.45, 7) is 3.72. The predicted octanol–water partition coefficient (Wildman–Crippen LogP) is 5.20. The number of carbonyl (C=O) groups excluding carboxylic acids is 2. The third-order valence-electron chi connectivity index (χ3n) is 6.69. The first-order chi connectivity index (χ1) is 16.0. The Morgan fingerprint density at radius 3 is 2.18 bits per heavy atom. The average molecular weight is 474 g/mol. The lowest BCUT2D eigenvalue weighted by atomic mass is 9.71. The lowest BCUT2D eigenvalue weighted by Gasteiger charge is -2.44. The van der Waals surface area contributed by atoms with E-state index in [-0.39, 0.29) is 11.6 Å². The summed E-state index contributed by atoms with van der Waals surface area (Å²) in [4.78, 5) is 28.9. The molecule has 0 saturated carbocycles. The molecule has 3 aliphatic rings. The number of Topliss-reactive ketones (excluding diaryl/α,β-unsaturated/α-hetero) is 2. The maximum absolute atomic E-state index is 13.3. The third kappa shape index (κ3) is 4.43. The number of rotatable bonds is 8. The van der Waals surface area contributed by atoms with Crippen molar-refractivity contribution in [3.8, 4) is 11.5 Å². The zero-order valence-corrected chi connectivity index (χ0v) is 20.4. The molecule has 2 aliphatic carbocycles. The van der Waals surface area contributed by atoms with Crippen LogP contribution in [-0.2, 0) is 14.3 Å². The van der Waals surface area contributed by atoms with Crippen LogP contribution in [0.25, 0.3) is 0 Å². The molecule has 33 heavy (non-hydrogen) atoms. The Morgan fingerprint density at radius 1 is 1.00 bits per heavy atom. The van der Waals surface area contributed by atoms with E-state index >= 15 is 0 Å². The zero-order valence-electron chi connectivity index (χ0n) is 19.7. The summed E-state index contributed by atoms with van der Waals surface area (Å²) in [6, 6.07) is 3.71. The van der Waals surface area contributed by atoms with E-state index < -0.39 is 5.92 Å². The van der Waals surface area contributed by atoms with E-state index in [1.54, 1.807) is 14.2 Å². The van der Waals surface area contributed by atoms with Crippen molar-refractivity contribution in [1.82, 2.24) is 4.90 Å². The number of ketones is 2. The molecule has 6 nitrogen and oxygen atoms in total. The van der Waals surface area contributed by atoms with E-state index in [0.29, 0.717) is 42.6 Å². The number of benzene rings is 1. The van der Waals surface area contributed by atoms with Crippen LogP contribution < -0.4 is 9.47 Å². The molecule has 0 atom stereocenters. The van der Waals surface area contributed by atoms with Gasteiger partial charge in [-0.15, -0.1) is 0 Å². The molecular formula is C26H32ClNO5. The van der Waals surface area contributed by atoms with Crippen molar-refractivity contribution in [2.75, 3.05) is 34.0 Å². The van der Waals surface area contributed by atoms with Gasteiger partial charge in [0.2, 0.25) is 0 Å². The van der Waals surface area contributed by atoms with E-state index in [4.69, 9.17) is 25.8 Å². The van der Waals surface area contributed by atoms with Gasteiger partial charge in [-0.1, -0.05) is 11.6 Å². The van der Waals surface area contributed by atoms with Crippen LogP contribution in [0.15, 0.2) is 34.7 Å². The Hall–Kier alpha value is -2.31. The van der Waals surface area contributed by atoms with E-state index in [0.717, 1.165) is 66.8 Å². The number of hydrogen-bond acceptors (Lipinski definition) is 6. The molecule has 1 aromatic carbocycles. The van der Waals surface area contributed by atoms with Crippen LogP contribution in [-0.4, -0.2) is 50.4 Å². The number of allylic oxidation sites excluding steroid dienone is 4. The number of halogens is 1. The van der Waals surface area contributed by atoms with Gasteiger partial charge in [-0.25, -0.2) is 0 Å². The molecule has 178 valence electrons. The van der Waals surface area contributed by atoms with E-state index in [9.17, 15) is 9.59 Å². The minimum absolute atomic E-state index is 0.117. The van der Waals surface area contributed by atoms with Crippen molar-refractivity contribution in [2.24, 2.45) is 0 Å². The summed E-state index contributed by atoms with van der Waals surface area (Å²) in [5, 5.41) is 0.421. The highest BCUT2D eigenvalue weighted by molar-refractivity contribution is 6.32. The van der Waals surface area contributed by atoms with Crippen molar-refractivity contribution < 1.29 is 23.8 Å². The number of methoxy groups -OCH3 is 2. The van der Waals surface area contributed by atoms with Crippen molar-refractivity contribution >= 4 is 23.2 Å². The maximum atomic E-state index is 13.3. The van der Waals surface area contributed by atoms with Gasteiger partial charge in [-0.3, -0.25) is 9.59 Å². The first-order valence-electron chi connectivity index (χ1n) is 11.8. The van der Waals surface area contributed by atoms with Crippen molar-refractivity contribution in [3.05, 3.63) is 45.3 Å². The second kappa shape index (κ2) is 10.3. The average Bonchev–Trinajstić information content (AvgIpc) is 2.81. The molecule has 0 bridgehead atoms. The van der Waals surface area contributed by atoms with Gasteiger partial charge in [0, 0.05) is 61.6 Å². The molecule has 4 rings (SSSR count). The van der Waals surface area contributed by atoms with E-state index in [2.05, 4.69) is 4.90 Å². The van der Waals surface area contributed by atoms with Crippen molar-refractivity contribution in [1.29, 1.82) is 0 Å². The molecule has 0 amide bonds.